The molecule has 1 aromatic rings. The van der Waals surface area contributed by atoms with Gasteiger partial charge in [-0.2, -0.15) is 0 Å². The Morgan fingerprint density at radius 3 is 2.65 bits per heavy atom. The van der Waals surface area contributed by atoms with Crippen molar-refractivity contribution < 1.29 is 17.9 Å². The van der Waals surface area contributed by atoms with Crippen molar-refractivity contribution in [2.75, 3.05) is 18.1 Å². The minimum Gasteiger partial charge on any atom is -0.468 e. The highest BCUT2D eigenvalue weighted by atomic mass is 32.2. The number of sulfone groups is 1. The Labute approximate surface area is 138 Å². The molecule has 1 saturated heterocycles. The van der Waals surface area contributed by atoms with Crippen LogP contribution >= 0.6 is 0 Å². The van der Waals surface area contributed by atoms with E-state index in [2.05, 4.69) is 4.90 Å². The molecule has 0 amide bonds. The monoisotopic (exact) mass is 341 g/mol. The number of hydrogen-bond acceptors (Lipinski definition) is 5. The number of aliphatic hydroxyl groups is 1. The van der Waals surface area contributed by atoms with Gasteiger partial charge in [-0.3, -0.25) is 4.90 Å². The maximum atomic E-state index is 11.8. The van der Waals surface area contributed by atoms with Gasteiger partial charge in [0.05, 0.1) is 36.5 Å². The van der Waals surface area contributed by atoms with Crippen LogP contribution in [0.15, 0.2) is 22.8 Å². The van der Waals surface area contributed by atoms with Gasteiger partial charge in [0.2, 0.25) is 0 Å². The Hall–Kier alpha value is -0.850. The molecule has 130 valence electrons. The molecule has 2 fully saturated rings. The van der Waals surface area contributed by atoms with Crippen LogP contribution in [0.3, 0.4) is 0 Å². The van der Waals surface area contributed by atoms with Gasteiger partial charge in [0.25, 0.3) is 0 Å². The number of nitrogens with zero attached hydrogens (tertiary/aromatic N) is 1. The normalized spacial score (nSPS) is 27.9. The molecule has 6 heteroatoms. The minimum atomic E-state index is -3.13. The van der Waals surface area contributed by atoms with Gasteiger partial charge in [0.1, 0.15) is 5.76 Å². The minimum absolute atomic E-state index is 0.0539. The van der Waals surface area contributed by atoms with Crippen LogP contribution in [0.2, 0.25) is 0 Å². The second-order valence-corrected chi connectivity index (χ2v) is 9.21. The molecule has 23 heavy (non-hydrogen) atoms. The van der Waals surface area contributed by atoms with E-state index in [0.717, 1.165) is 24.6 Å². The second kappa shape index (κ2) is 7.36. The van der Waals surface area contributed by atoms with Crippen molar-refractivity contribution in [3.63, 3.8) is 0 Å². The van der Waals surface area contributed by atoms with E-state index in [-0.39, 0.29) is 17.5 Å². The van der Waals surface area contributed by atoms with Crippen LogP contribution in [0.5, 0.6) is 0 Å². The van der Waals surface area contributed by atoms with Crippen molar-refractivity contribution in [3.05, 3.63) is 24.2 Å². The molecule has 1 aromatic heterocycles. The first kappa shape index (κ1) is 17.0. The van der Waals surface area contributed by atoms with Gasteiger partial charge in [0, 0.05) is 0 Å². The van der Waals surface area contributed by atoms with Gasteiger partial charge < -0.3 is 9.52 Å². The SMILES string of the molecule is O=S1(=O)CC(O)C(N(CCCC2CCCC2)Cc2ccco2)C1. The summed E-state index contributed by atoms with van der Waals surface area (Å²) in [6.07, 6.45) is 8.45. The van der Waals surface area contributed by atoms with Gasteiger partial charge in [-0.1, -0.05) is 25.7 Å². The number of hydrogen-bond donors (Lipinski definition) is 1. The summed E-state index contributed by atoms with van der Waals surface area (Å²) in [6, 6.07) is 3.43. The summed E-state index contributed by atoms with van der Waals surface area (Å²) >= 11 is 0. The third-order valence-corrected chi connectivity index (χ3v) is 6.93. The van der Waals surface area contributed by atoms with Crippen molar-refractivity contribution in [1.29, 1.82) is 0 Å². The Kier molecular flexibility index (Phi) is 5.44. The number of rotatable bonds is 7. The number of furan rings is 1. The third-order valence-electron chi connectivity index (χ3n) is 5.23. The summed E-state index contributed by atoms with van der Waals surface area (Å²) in [5.41, 5.74) is 0. The molecule has 2 heterocycles. The average Bonchev–Trinajstić information content (AvgIpc) is 3.19. The third kappa shape index (κ3) is 4.58. The zero-order valence-electron chi connectivity index (χ0n) is 13.6. The molecular weight excluding hydrogens is 314 g/mol. The molecule has 3 rings (SSSR count). The van der Waals surface area contributed by atoms with E-state index in [4.69, 9.17) is 4.42 Å². The summed E-state index contributed by atoms with van der Waals surface area (Å²) < 4.78 is 29.1. The molecule has 2 unspecified atom stereocenters. The fourth-order valence-electron chi connectivity index (χ4n) is 4.01. The molecule has 1 saturated carbocycles. The van der Waals surface area contributed by atoms with Crippen molar-refractivity contribution >= 4 is 9.84 Å². The average molecular weight is 341 g/mol. The van der Waals surface area contributed by atoms with Crippen molar-refractivity contribution in [2.24, 2.45) is 5.92 Å². The molecule has 2 aliphatic rings. The molecule has 0 spiro atoms. The van der Waals surface area contributed by atoms with Crippen molar-refractivity contribution in [2.45, 2.75) is 57.2 Å². The zero-order valence-corrected chi connectivity index (χ0v) is 14.4. The van der Waals surface area contributed by atoms with Gasteiger partial charge in [-0.25, -0.2) is 8.42 Å². The Bertz CT molecular complexity index is 578. The molecule has 5 nitrogen and oxygen atoms in total. The highest BCUT2D eigenvalue weighted by Gasteiger charge is 2.40. The summed E-state index contributed by atoms with van der Waals surface area (Å²) in [6.45, 7) is 1.38. The van der Waals surface area contributed by atoms with Crippen molar-refractivity contribution in [3.8, 4) is 0 Å². The highest BCUT2D eigenvalue weighted by molar-refractivity contribution is 7.91. The molecule has 2 atom stereocenters. The topological polar surface area (TPSA) is 70.8 Å². The first-order chi connectivity index (χ1) is 11.0. The lowest BCUT2D eigenvalue weighted by atomic mass is 10.0. The number of aliphatic hydroxyl groups excluding tert-OH is 1. The standard InChI is InChI=1S/C17H27NO4S/c19-17-13-23(20,21)12-16(17)18(11-15-8-4-10-22-15)9-3-7-14-5-1-2-6-14/h4,8,10,14,16-17,19H,1-3,5-7,9,11-13H2. The Balaban J connectivity index is 1.61. The van der Waals surface area contributed by atoms with Crippen LogP contribution in [0, 0.1) is 5.92 Å². The largest absolute Gasteiger partial charge is 0.468 e. The quantitative estimate of drug-likeness (QED) is 0.823. The summed E-state index contributed by atoms with van der Waals surface area (Å²) in [5.74, 6) is 1.59. The fourth-order valence-corrected chi connectivity index (χ4v) is 5.84. The van der Waals surface area contributed by atoms with Gasteiger partial charge >= 0.3 is 0 Å². The van der Waals surface area contributed by atoms with E-state index < -0.39 is 15.9 Å². The van der Waals surface area contributed by atoms with Gasteiger partial charge in [-0.05, 0) is 37.4 Å². The second-order valence-electron chi connectivity index (χ2n) is 7.05. The van der Waals surface area contributed by atoms with Gasteiger partial charge in [0.15, 0.2) is 9.84 Å². The maximum absolute atomic E-state index is 11.8. The Morgan fingerprint density at radius 2 is 2.04 bits per heavy atom. The zero-order chi connectivity index (χ0) is 16.3. The first-order valence-electron chi connectivity index (χ1n) is 8.68. The lowest BCUT2D eigenvalue weighted by Gasteiger charge is -2.29. The molecule has 1 aliphatic carbocycles. The van der Waals surface area contributed by atoms with E-state index >= 15 is 0 Å². The van der Waals surface area contributed by atoms with Crippen LogP contribution in [0.1, 0.15) is 44.3 Å². The molecule has 1 aliphatic heterocycles. The maximum Gasteiger partial charge on any atom is 0.154 e. The van der Waals surface area contributed by atoms with E-state index in [1.54, 1.807) is 6.26 Å². The van der Waals surface area contributed by atoms with Crippen LogP contribution < -0.4 is 0 Å². The van der Waals surface area contributed by atoms with Crippen LogP contribution in [-0.4, -0.2) is 48.6 Å². The van der Waals surface area contributed by atoms with E-state index in [9.17, 15) is 13.5 Å². The molecule has 0 aromatic carbocycles. The molecule has 1 N–H and O–H groups in total. The predicted octanol–water partition coefficient (Wildman–Crippen LogP) is 2.21. The first-order valence-corrected chi connectivity index (χ1v) is 10.5. The summed E-state index contributed by atoms with van der Waals surface area (Å²) in [4.78, 5) is 2.10. The van der Waals surface area contributed by atoms with Crippen LogP contribution in [0.25, 0.3) is 0 Å². The fraction of sp³-hybridized carbons (Fsp3) is 0.765. The lowest BCUT2D eigenvalue weighted by molar-refractivity contribution is 0.0716. The van der Waals surface area contributed by atoms with Crippen LogP contribution in [-0.2, 0) is 16.4 Å². The molecule has 0 bridgehead atoms. The Morgan fingerprint density at radius 1 is 1.26 bits per heavy atom. The molecule has 0 radical (unpaired) electrons. The lowest BCUT2D eigenvalue weighted by Crippen LogP contribution is -2.43. The summed E-state index contributed by atoms with van der Waals surface area (Å²) in [7, 11) is -3.13. The summed E-state index contributed by atoms with van der Waals surface area (Å²) in [5, 5.41) is 10.2. The van der Waals surface area contributed by atoms with Gasteiger partial charge in [-0.15, -0.1) is 0 Å². The van der Waals surface area contributed by atoms with E-state index in [1.165, 1.54) is 32.1 Å². The van der Waals surface area contributed by atoms with E-state index in [1.807, 2.05) is 12.1 Å². The highest BCUT2D eigenvalue weighted by Crippen LogP contribution is 2.29. The smallest absolute Gasteiger partial charge is 0.154 e. The van der Waals surface area contributed by atoms with Crippen molar-refractivity contribution in [1.82, 2.24) is 4.90 Å². The molecular formula is C17H27NO4S. The van der Waals surface area contributed by atoms with E-state index in [0.29, 0.717) is 6.54 Å². The predicted molar refractivity (Wildman–Crippen MR) is 88.8 cm³/mol. The van der Waals surface area contributed by atoms with Crippen LogP contribution in [0.4, 0.5) is 0 Å².